The molecule has 0 N–H and O–H groups in total. The standard InChI is InChI=1S/C12H21O4P/c1-4-10-8-7-9-11(12(10)13)17(14,15-5-2)16-6-3/h9-10H,4-8H2,1-3H3. The Balaban J connectivity index is 2.98. The van der Waals surface area contributed by atoms with Crippen LogP contribution in [0.25, 0.3) is 0 Å². The fourth-order valence-electron chi connectivity index (χ4n) is 2.01. The first-order valence-electron chi connectivity index (χ1n) is 6.23. The lowest BCUT2D eigenvalue weighted by Gasteiger charge is -2.25. The third-order valence-corrected chi connectivity index (χ3v) is 5.05. The predicted octanol–water partition coefficient (Wildman–Crippen LogP) is 3.53. The number of ketones is 1. The van der Waals surface area contributed by atoms with Crippen molar-refractivity contribution in [1.82, 2.24) is 0 Å². The summed E-state index contributed by atoms with van der Waals surface area (Å²) in [6.45, 7) is 6.02. The number of carbonyl (C=O) groups excluding carboxylic acids is 1. The Morgan fingerprint density at radius 1 is 1.29 bits per heavy atom. The lowest BCUT2D eigenvalue weighted by Crippen LogP contribution is -2.21. The van der Waals surface area contributed by atoms with Gasteiger partial charge in [0.25, 0.3) is 0 Å². The summed E-state index contributed by atoms with van der Waals surface area (Å²) < 4.78 is 22.9. The smallest absolute Gasteiger partial charge is 0.305 e. The van der Waals surface area contributed by atoms with Crippen molar-refractivity contribution in [3.63, 3.8) is 0 Å². The van der Waals surface area contributed by atoms with E-state index in [1.807, 2.05) is 6.92 Å². The zero-order valence-corrected chi connectivity index (χ0v) is 11.7. The molecule has 0 saturated heterocycles. The van der Waals surface area contributed by atoms with Crippen molar-refractivity contribution in [1.29, 1.82) is 0 Å². The summed E-state index contributed by atoms with van der Waals surface area (Å²) in [5.74, 6) is -0.103. The number of carbonyl (C=O) groups is 1. The largest absolute Gasteiger partial charge is 0.364 e. The zero-order chi connectivity index (χ0) is 12.9. The van der Waals surface area contributed by atoms with Gasteiger partial charge in [-0.3, -0.25) is 9.36 Å². The van der Waals surface area contributed by atoms with E-state index in [9.17, 15) is 9.36 Å². The van der Waals surface area contributed by atoms with E-state index in [1.54, 1.807) is 19.9 Å². The molecule has 1 unspecified atom stereocenters. The molecule has 17 heavy (non-hydrogen) atoms. The van der Waals surface area contributed by atoms with Crippen molar-refractivity contribution in [2.24, 2.45) is 5.92 Å². The van der Waals surface area contributed by atoms with Crippen LogP contribution in [0.5, 0.6) is 0 Å². The molecule has 0 bridgehead atoms. The van der Waals surface area contributed by atoms with Crippen LogP contribution in [0, 0.1) is 5.92 Å². The number of hydrogen-bond donors (Lipinski definition) is 0. The lowest BCUT2D eigenvalue weighted by molar-refractivity contribution is -0.119. The van der Waals surface area contributed by atoms with E-state index in [0.29, 0.717) is 0 Å². The van der Waals surface area contributed by atoms with Gasteiger partial charge < -0.3 is 9.05 Å². The van der Waals surface area contributed by atoms with E-state index in [1.165, 1.54) is 0 Å². The van der Waals surface area contributed by atoms with Gasteiger partial charge in [0, 0.05) is 5.92 Å². The molecule has 0 fully saturated rings. The van der Waals surface area contributed by atoms with Gasteiger partial charge in [-0.2, -0.15) is 0 Å². The molecule has 0 spiro atoms. The Hall–Kier alpha value is -0.440. The van der Waals surface area contributed by atoms with Crippen molar-refractivity contribution in [2.75, 3.05) is 13.2 Å². The van der Waals surface area contributed by atoms with Gasteiger partial charge >= 0.3 is 7.60 Å². The second-order valence-electron chi connectivity index (χ2n) is 3.97. The maximum Gasteiger partial charge on any atom is 0.364 e. The number of hydrogen-bond acceptors (Lipinski definition) is 4. The third-order valence-electron chi connectivity index (χ3n) is 2.86. The van der Waals surface area contributed by atoms with Crippen molar-refractivity contribution in [3.05, 3.63) is 11.4 Å². The second-order valence-corrected chi connectivity index (χ2v) is 5.96. The lowest BCUT2D eigenvalue weighted by atomic mass is 9.91. The Labute approximate surface area is 103 Å². The quantitative estimate of drug-likeness (QED) is 0.685. The number of Topliss-reactive ketones (excluding diaryl/α,β-unsaturated/α-hetero) is 1. The van der Waals surface area contributed by atoms with Crippen LogP contribution in [0.2, 0.25) is 0 Å². The Morgan fingerprint density at radius 2 is 1.88 bits per heavy atom. The first-order chi connectivity index (χ1) is 8.09. The molecule has 0 aromatic rings. The number of allylic oxidation sites excluding steroid dienone is 2. The first kappa shape index (κ1) is 14.6. The highest BCUT2D eigenvalue weighted by Crippen LogP contribution is 2.58. The fourth-order valence-corrected chi connectivity index (χ4v) is 3.85. The predicted molar refractivity (Wildman–Crippen MR) is 67.0 cm³/mol. The molecule has 1 aliphatic rings. The van der Waals surface area contributed by atoms with Crippen LogP contribution >= 0.6 is 7.60 Å². The van der Waals surface area contributed by atoms with Crippen molar-refractivity contribution in [3.8, 4) is 0 Å². The molecule has 5 heteroatoms. The highest BCUT2D eigenvalue weighted by atomic mass is 31.2. The van der Waals surface area contributed by atoms with E-state index in [-0.39, 0.29) is 30.2 Å². The Kier molecular flexibility index (Phi) is 5.57. The van der Waals surface area contributed by atoms with Gasteiger partial charge in [0.1, 0.15) is 5.31 Å². The summed E-state index contributed by atoms with van der Waals surface area (Å²) in [6, 6.07) is 0. The average Bonchev–Trinajstić information content (AvgIpc) is 2.30. The molecule has 0 amide bonds. The van der Waals surface area contributed by atoms with Crippen molar-refractivity contribution < 1.29 is 18.4 Å². The van der Waals surface area contributed by atoms with Crippen LogP contribution in [-0.2, 0) is 18.4 Å². The second kappa shape index (κ2) is 6.48. The van der Waals surface area contributed by atoms with Gasteiger partial charge in [0.15, 0.2) is 5.78 Å². The zero-order valence-electron chi connectivity index (χ0n) is 10.8. The third kappa shape index (κ3) is 3.27. The maximum absolute atomic E-state index is 12.5. The fraction of sp³-hybridized carbons (Fsp3) is 0.750. The Morgan fingerprint density at radius 3 is 2.35 bits per heavy atom. The van der Waals surface area contributed by atoms with E-state index in [0.717, 1.165) is 19.3 Å². The molecule has 1 atom stereocenters. The van der Waals surface area contributed by atoms with E-state index in [4.69, 9.17) is 9.05 Å². The molecule has 0 heterocycles. The SMILES string of the molecule is CCOP(=O)(OCC)C1=CCCC(CC)C1=O. The molecular weight excluding hydrogens is 239 g/mol. The molecule has 1 aliphatic carbocycles. The highest BCUT2D eigenvalue weighted by Gasteiger charge is 2.38. The summed E-state index contributed by atoms with van der Waals surface area (Å²) in [7, 11) is -3.39. The van der Waals surface area contributed by atoms with E-state index in [2.05, 4.69) is 0 Å². The van der Waals surface area contributed by atoms with E-state index < -0.39 is 7.60 Å². The van der Waals surface area contributed by atoms with Crippen LogP contribution < -0.4 is 0 Å². The molecule has 0 saturated carbocycles. The minimum absolute atomic E-state index is 0.0377. The molecule has 4 nitrogen and oxygen atoms in total. The molecule has 98 valence electrons. The highest BCUT2D eigenvalue weighted by molar-refractivity contribution is 7.60. The topological polar surface area (TPSA) is 52.6 Å². The van der Waals surface area contributed by atoms with E-state index >= 15 is 0 Å². The Bertz CT molecular complexity index is 338. The average molecular weight is 260 g/mol. The van der Waals surface area contributed by atoms with Gasteiger partial charge in [-0.1, -0.05) is 13.0 Å². The van der Waals surface area contributed by atoms with Crippen LogP contribution in [0.3, 0.4) is 0 Å². The van der Waals surface area contributed by atoms with Crippen LogP contribution in [-0.4, -0.2) is 19.0 Å². The van der Waals surface area contributed by atoms with Gasteiger partial charge in [-0.05, 0) is 33.1 Å². The van der Waals surface area contributed by atoms with Gasteiger partial charge in [-0.15, -0.1) is 0 Å². The van der Waals surface area contributed by atoms with Gasteiger partial charge in [0.2, 0.25) is 0 Å². The first-order valence-corrected chi connectivity index (χ1v) is 7.77. The molecule has 1 rings (SSSR count). The summed E-state index contributed by atoms with van der Waals surface area (Å²) >= 11 is 0. The minimum atomic E-state index is -3.39. The molecule has 0 radical (unpaired) electrons. The van der Waals surface area contributed by atoms with Crippen LogP contribution in [0.4, 0.5) is 0 Å². The normalized spacial score (nSPS) is 21.5. The van der Waals surface area contributed by atoms with Gasteiger partial charge in [0.05, 0.1) is 13.2 Å². The number of rotatable bonds is 6. The maximum atomic E-state index is 12.5. The van der Waals surface area contributed by atoms with Crippen molar-refractivity contribution >= 4 is 13.4 Å². The summed E-state index contributed by atoms with van der Waals surface area (Å²) in [5, 5.41) is 0.263. The molecule has 0 aromatic carbocycles. The molecule has 0 aromatic heterocycles. The van der Waals surface area contributed by atoms with Crippen LogP contribution in [0.1, 0.15) is 40.0 Å². The van der Waals surface area contributed by atoms with Gasteiger partial charge in [-0.25, -0.2) is 0 Å². The van der Waals surface area contributed by atoms with Crippen molar-refractivity contribution in [2.45, 2.75) is 40.0 Å². The van der Waals surface area contributed by atoms with Crippen LogP contribution in [0.15, 0.2) is 11.4 Å². The molecule has 0 aliphatic heterocycles. The summed E-state index contributed by atoms with van der Waals surface area (Å²) in [4.78, 5) is 12.2. The summed E-state index contributed by atoms with van der Waals surface area (Å²) in [5.41, 5.74) is 0. The minimum Gasteiger partial charge on any atom is -0.305 e. The monoisotopic (exact) mass is 260 g/mol. The molecular formula is C12H21O4P. The summed E-state index contributed by atoms with van der Waals surface area (Å²) in [6.07, 6.45) is 4.09.